The summed E-state index contributed by atoms with van der Waals surface area (Å²) in [5.74, 6) is 0. The number of aliphatic hydroxyl groups is 1. The fourth-order valence-corrected chi connectivity index (χ4v) is 1.84. The van der Waals surface area contributed by atoms with Gasteiger partial charge in [0.05, 0.1) is 0 Å². The van der Waals surface area contributed by atoms with Crippen molar-refractivity contribution in [2.45, 2.75) is 57.5 Å². The van der Waals surface area contributed by atoms with Crippen LogP contribution in [-0.2, 0) is 0 Å². The molecule has 88 valence electrons. The van der Waals surface area contributed by atoms with Crippen LogP contribution >= 0.6 is 0 Å². The van der Waals surface area contributed by atoms with E-state index in [0.29, 0.717) is 0 Å². The van der Waals surface area contributed by atoms with Crippen molar-refractivity contribution in [2.75, 3.05) is 6.61 Å². The third kappa shape index (κ3) is 4.08. The van der Waals surface area contributed by atoms with E-state index in [1.165, 1.54) is 6.42 Å². The molecule has 0 spiro atoms. The summed E-state index contributed by atoms with van der Waals surface area (Å²) in [5.41, 5.74) is 0.0147. The van der Waals surface area contributed by atoms with Crippen LogP contribution in [0.3, 0.4) is 0 Å². The molecule has 0 heterocycles. The van der Waals surface area contributed by atoms with Crippen molar-refractivity contribution in [1.29, 1.82) is 0 Å². The van der Waals surface area contributed by atoms with Gasteiger partial charge in [0.25, 0.3) is 0 Å². The average Bonchev–Trinajstić information content (AvgIpc) is 2.12. The maximum atomic E-state index is 11.5. The molecule has 1 aliphatic carbocycles. The normalized spacial score (nSPS) is 20.2. The first-order valence-electron chi connectivity index (χ1n) is 5.75. The summed E-state index contributed by atoms with van der Waals surface area (Å²) in [5, 5.41) is 14.5. The van der Waals surface area contributed by atoms with E-state index >= 15 is 0 Å². The number of hydrogen-bond acceptors (Lipinski definition) is 2. The number of carbonyl (C=O) groups is 1. The Labute approximate surface area is 91.4 Å². The van der Waals surface area contributed by atoms with E-state index < -0.39 is 0 Å². The minimum atomic E-state index is -0.0809. The molecule has 1 rings (SSSR count). The lowest BCUT2D eigenvalue weighted by Gasteiger charge is -2.39. The molecule has 1 atom stereocenters. The Hall–Kier alpha value is -0.770. The van der Waals surface area contributed by atoms with Crippen molar-refractivity contribution in [3.63, 3.8) is 0 Å². The number of rotatable bonds is 5. The maximum absolute atomic E-state index is 11.5. The highest BCUT2D eigenvalue weighted by atomic mass is 16.3. The third-order valence-corrected chi connectivity index (χ3v) is 3.05. The van der Waals surface area contributed by atoms with Crippen LogP contribution in [0.1, 0.15) is 46.0 Å². The second-order valence-corrected chi connectivity index (χ2v) is 4.78. The van der Waals surface area contributed by atoms with Crippen LogP contribution in [0.2, 0.25) is 0 Å². The van der Waals surface area contributed by atoms with E-state index in [1.54, 1.807) is 0 Å². The summed E-state index contributed by atoms with van der Waals surface area (Å²) in [4.78, 5) is 11.5. The molecule has 4 heteroatoms. The molecule has 0 aromatic rings. The molecule has 1 fully saturated rings. The molecule has 1 unspecified atom stereocenters. The Morgan fingerprint density at radius 1 is 1.53 bits per heavy atom. The van der Waals surface area contributed by atoms with Crippen molar-refractivity contribution < 1.29 is 9.90 Å². The smallest absolute Gasteiger partial charge is 0.315 e. The number of amides is 2. The molecule has 4 nitrogen and oxygen atoms in total. The molecule has 0 radical (unpaired) electrons. The van der Waals surface area contributed by atoms with E-state index in [0.717, 1.165) is 25.7 Å². The molecule has 0 aromatic carbocycles. The van der Waals surface area contributed by atoms with Gasteiger partial charge >= 0.3 is 6.03 Å². The van der Waals surface area contributed by atoms with Gasteiger partial charge in [0.1, 0.15) is 0 Å². The predicted molar refractivity (Wildman–Crippen MR) is 59.7 cm³/mol. The van der Waals surface area contributed by atoms with Crippen molar-refractivity contribution in [1.82, 2.24) is 10.6 Å². The summed E-state index contributed by atoms with van der Waals surface area (Å²) in [6.07, 6.45) is 4.91. The van der Waals surface area contributed by atoms with Gasteiger partial charge < -0.3 is 15.7 Å². The van der Waals surface area contributed by atoms with Crippen LogP contribution in [0.4, 0.5) is 4.79 Å². The Kier molecular flexibility index (Phi) is 4.39. The summed E-state index contributed by atoms with van der Waals surface area (Å²) in [6.45, 7) is 4.22. The number of urea groups is 1. The molecule has 3 N–H and O–H groups in total. The van der Waals surface area contributed by atoms with Crippen LogP contribution in [0.25, 0.3) is 0 Å². The quantitative estimate of drug-likeness (QED) is 0.647. The van der Waals surface area contributed by atoms with Gasteiger partial charge in [-0.15, -0.1) is 0 Å². The fraction of sp³-hybridized carbons (Fsp3) is 0.909. The molecular weight excluding hydrogens is 192 g/mol. The maximum Gasteiger partial charge on any atom is 0.315 e. The SMILES string of the molecule is CC(CCCO)NC(=O)NC1(C)CCC1. The molecule has 0 saturated heterocycles. The Morgan fingerprint density at radius 2 is 2.20 bits per heavy atom. The standard InChI is InChI=1S/C11H22N2O2/c1-9(5-3-8-14)12-10(15)13-11(2)6-4-7-11/h9,14H,3-8H2,1-2H3,(H2,12,13,15). The first kappa shape index (κ1) is 12.3. The lowest BCUT2D eigenvalue weighted by molar-refractivity contribution is 0.188. The number of nitrogens with one attached hydrogen (secondary N) is 2. The second kappa shape index (κ2) is 5.35. The Bertz CT molecular complexity index is 215. The highest BCUT2D eigenvalue weighted by Gasteiger charge is 2.33. The molecular formula is C11H22N2O2. The molecule has 0 aromatic heterocycles. The van der Waals surface area contributed by atoms with Gasteiger partial charge in [-0.1, -0.05) is 0 Å². The van der Waals surface area contributed by atoms with Crippen LogP contribution in [-0.4, -0.2) is 29.3 Å². The van der Waals surface area contributed by atoms with Crippen molar-refractivity contribution in [3.8, 4) is 0 Å². The van der Waals surface area contributed by atoms with E-state index in [4.69, 9.17) is 5.11 Å². The molecule has 15 heavy (non-hydrogen) atoms. The predicted octanol–water partition coefficient (Wildman–Crippen LogP) is 1.39. The van der Waals surface area contributed by atoms with Crippen LogP contribution in [0, 0.1) is 0 Å². The van der Waals surface area contributed by atoms with Crippen LogP contribution in [0.5, 0.6) is 0 Å². The fourth-order valence-electron chi connectivity index (χ4n) is 1.84. The highest BCUT2D eigenvalue weighted by Crippen LogP contribution is 2.30. The number of aliphatic hydroxyl groups excluding tert-OH is 1. The summed E-state index contributed by atoms with van der Waals surface area (Å²) >= 11 is 0. The van der Waals surface area contributed by atoms with Crippen LogP contribution < -0.4 is 10.6 Å². The van der Waals surface area contributed by atoms with Gasteiger partial charge in [-0.05, 0) is 46.0 Å². The third-order valence-electron chi connectivity index (χ3n) is 3.05. The molecule has 0 aliphatic heterocycles. The van der Waals surface area contributed by atoms with E-state index in [9.17, 15) is 4.79 Å². The van der Waals surface area contributed by atoms with Crippen molar-refractivity contribution in [2.24, 2.45) is 0 Å². The van der Waals surface area contributed by atoms with Gasteiger partial charge in [0.15, 0.2) is 0 Å². The summed E-state index contributed by atoms with van der Waals surface area (Å²) < 4.78 is 0. The molecule has 1 saturated carbocycles. The Balaban J connectivity index is 2.17. The zero-order valence-corrected chi connectivity index (χ0v) is 9.68. The summed E-state index contributed by atoms with van der Waals surface area (Å²) in [6, 6.07) is 0.0449. The zero-order chi connectivity index (χ0) is 11.3. The number of hydrogen-bond donors (Lipinski definition) is 3. The lowest BCUT2D eigenvalue weighted by Crippen LogP contribution is -2.55. The largest absolute Gasteiger partial charge is 0.396 e. The van der Waals surface area contributed by atoms with E-state index in [-0.39, 0.29) is 24.2 Å². The Morgan fingerprint density at radius 3 is 2.67 bits per heavy atom. The molecule has 2 amide bonds. The first-order valence-corrected chi connectivity index (χ1v) is 5.75. The highest BCUT2D eigenvalue weighted by molar-refractivity contribution is 5.75. The topological polar surface area (TPSA) is 61.4 Å². The minimum absolute atomic E-state index is 0.0147. The van der Waals surface area contributed by atoms with Crippen molar-refractivity contribution in [3.05, 3.63) is 0 Å². The monoisotopic (exact) mass is 214 g/mol. The minimum Gasteiger partial charge on any atom is -0.396 e. The van der Waals surface area contributed by atoms with Gasteiger partial charge in [0, 0.05) is 18.2 Å². The number of carbonyl (C=O) groups excluding carboxylic acids is 1. The lowest BCUT2D eigenvalue weighted by atomic mass is 9.79. The zero-order valence-electron chi connectivity index (χ0n) is 9.68. The van der Waals surface area contributed by atoms with Gasteiger partial charge in [-0.2, -0.15) is 0 Å². The van der Waals surface area contributed by atoms with E-state index in [2.05, 4.69) is 17.6 Å². The first-order chi connectivity index (χ1) is 7.06. The van der Waals surface area contributed by atoms with Gasteiger partial charge in [0.2, 0.25) is 0 Å². The van der Waals surface area contributed by atoms with Crippen LogP contribution in [0.15, 0.2) is 0 Å². The second-order valence-electron chi connectivity index (χ2n) is 4.78. The molecule has 0 bridgehead atoms. The average molecular weight is 214 g/mol. The van der Waals surface area contributed by atoms with Crippen molar-refractivity contribution >= 4 is 6.03 Å². The summed E-state index contributed by atoms with van der Waals surface area (Å²) in [7, 11) is 0. The van der Waals surface area contributed by atoms with Gasteiger partial charge in [-0.25, -0.2) is 4.79 Å². The molecule has 1 aliphatic rings. The van der Waals surface area contributed by atoms with E-state index in [1.807, 2.05) is 6.92 Å². The van der Waals surface area contributed by atoms with Gasteiger partial charge in [-0.3, -0.25) is 0 Å².